The third-order valence-electron chi connectivity index (χ3n) is 5.68. The summed E-state index contributed by atoms with van der Waals surface area (Å²) in [5, 5.41) is 8.96. The topological polar surface area (TPSA) is 66.9 Å². The van der Waals surface area contributed by atoms with Crippen LogP contribution >= 0.6 is 11.6 Å². The summed E-state index contributed by atoms with van der Waals surface area (Å²) >= 11 is 6.14. The van der Waals surface area contributed by atoms with Crippen LogP contribution in [0.1, 0.15) is 27.9 Å². The predicted molar refractivity (Wildman–Crippen MR) is 124 cm³/mol. The number of nitrogens with one attached hydrogen (secondary N) is 2. The highest BCUT2D eigenvalue weighted by molar-refractivity contribution is 6.31. The number of pyridine rings is 2. The number of aryl methyl sites for hydroxylation is 1. The molecule has 0 radical (unpaired) electrons. The molecule has 2 aromatic carbocycles. The van der Waals surface area contributed by atoms with Crippen LogP contribution in [0.3, 0.4) is 0 Å². The van der Waals surface area contributed by atoms with Gasteiger partial charge in [-0.15, -0.1) is 0 Å². The Morgan fingerprint density at radius 2 is 1.87 bits per heavy atom. The monoisotopic (exact) mass is 428 g/mol. The van der Waals surface area contributed by atoms with Crippen molar-refractivity contribution in [1.82, 2.24) is 15.3 Å². The van der Waals surface area contributed by atoms with Gasteiger partial charge in [-0.1, -0.05) is 41.9 Å². The van der Waals surface area contributed by atoms with E-state index in [9.17, 15) is 4.79 Å². The lowest BCUT2D eigenvalue weighted by Crippen LogP contribution is -2.38. The van der Waals surface area contributed by atoms with Crippen molar-refractivity contribution in [3.05, 3.63) is 94.8 Å². The highest BCUT2D eigenvalue weighted by Gasteiger charge is 2.20. The first-order chi connectivity index (χ1) is 15.2. The van der Waals surface area contributed by atoms with E-state index in [1.807, 2.05) is 24.3 Å². The van der Waals surface area contributed by atoms with E-state index in [4.69, 9.17) is 11.6 Å². The van der Waals surface area contributed by atoms with E-state index in [0.717, 1.165) is 30.0 Å². The van der Waals surface area contributed by atoms with Crippen LogP contribution in [-0.4, -0.2) is 21.9 Å². The average Bonchev–Trinajstić information content (AvgIpc) is 2.80. The molecule has 5 rings (SSSR count). The third-order valence-corrected chi connectivity index (χ3v) is 5.92. The van der Waals surface area contributed by atoms with Crippen LogP contribution in [0.4, 0.5) is 11.6 Å². The number of halogens is 1. The second-order valence-corrected chi connectivity index (χ2v) is 8.20. The number of aromatic nitrogens is 2. The molecule has 2 aromatic heterocycles. The van der Waals surface area contributed by atoms with E-state index in [1.165, 1.54) is 11.1 Å². The van der Waals surface area contributed by atoms with Crippen molar-refractivity contribution >= 4 is 39.9 Å². The molecule has 0 saturated heterocycles. The first-order valence-corrected chi connectivity index (χ1v) is 10.7. The molecule has 1 aliphatic carbocycles. The molecular weight excluding hydrogens is 408 g/mol. The van der Waals surface area contributed by atoms with Crippen LogP contribution in [0.5, 0.6) is 0 Å². The van der Waals surface area contributed by atoms with Crippen molar-refractivity contribution in [3.8, 4) is 0 Å². The van der Waals surface area contributed by atoms with Gasteiger partial charge in [-0.2, -0.15) is 0 Å². The summed E-state index contributed by atoms with van der Waals surface area (Å²) in [5.41, 5.74) is 3.24. The Morgan fingerprint density at radius 3 is 2.71 bits per heavy atom. The molecule has 154 valence electrons. The lowest BCUT2D eigenvalue weighted by molar-refractivity contribution is 0.0933. The van der Waals surface area contributed by atoms with Gasteiger partial charge in [0.15, 0.2) is 0 Å². The number of rotatable bonds is 4. The minimum atomic E-state index is -0.0986. The molecule has 1 atom stereocenters. The Balaban J connectivity index is 1.27. The van der Waals surface area contributed by atoms with E-state index in [-0.39, 0.29) is 11.9 Å². The van der Waals surface area contributed by atoms with Crippen molar-refractivity contribution < 1.29 is 4.79 Å². The maximum Gasteiger partial charge on any atom is 0.253 e. The standard InChI is InChI=1S/C25H21ClN4O/c26-20-8-5-17-11-12-27-24(22(17)14-20)30-23-10-7-19(15-28-23)25(31)29-21-9-6-16-3-1-2-4-18(16)13-21/h1-5,7-8,10-12,14-15,21H,6,9,13H2,(H,29,31)(H,27,28,30). The molecule has 1 amide bonds. The highest BCUT2D eigenvalue weighted by atomic mass is 35.5. The fourth-order valence-corrected chi connectivity index (χ4v) is 4.23. The zero-order valence-electron chi connectivity index (χ0n) is 16.8. The quantitative estimate of drug-likeness (QED) is 0.462. The van der Waals surface area contributed by atoms with Crippen LogP contribution in [-0.2, 0) is 12.8 Å². The van der Waals surface area contributed by atoms with E-state index in [0.29, 0.717) is 22.2 Å². The fraction of sp³-hybridized carbons (Fsp3) is 0.160. The first kappa shape index (κ1) is 19.5. The van der Waals surface area contributed by atoms with E-state index >= 15 is 0 Å². The van der Waals surface area contributed by atoms with Crippen molar-refractivity contribution in [2.24, 2.45) is 0 Å². The Kier molecular flexibility index (Phi) is 5.26. The Bertz CT molecular complexity index is 1260. The van der Waals surface area contributed by atoms with Gasteiger partial charge in [0.25, 0.3) is 5.91 Å². The molecule has 2 heterocycles. The molecule has 4 aromatic rings. The van der Waals surface area contributed by atoms with Crippen LogP contribution < -0.4 is 10.6 Å². The number of benzene rings is 2. The van der Waals surface area contributed by atoms with Crippen LogP contribution in [0.15, 0.2) is 73.1 Å². The van der Waals surface area contributed by atoms with Gasteiger partial charge in [0.05, 0.1) is 5.56 Å². The molecule has 2 N–H and O–H groups in total. The smallest absolute Gasteiger partial charge is 0.253 e. The molecule has 31 heavy (non-hydrogen) atoms. The number of amides is 1. The molecule has 1 aliphatic rings. The van der Waals surface area contributed by atoms with Crippen molar-refractivity contribution in [2.45, 2.75) is 25.3 Å². The Morgan fingerprint density at radius 1 is 1.00 bits per heavy atom. The summed E-state index contributed by atoms with van der Waals surface area (Å²) in [6.07, 6.45) is 6.13. The molecule has 6 heteroatoms. The molecule has 0 bridgehead atoms. The SMILES string of the molecule is O=C(NC1CCc2ccccc2C1)c1ccc(Nc2nccc3ccc(Cl)cc23)nc1. The third kappa shape index (κ3) is 4.23. The van der Waals surface area contributed by atoms with Gasteiger partial charge >= 0.3 is 0 Å². The summed E-state index contributed by atoms with van der Waals surface area (Å²) in [6.45, 7) is 0. The van der Waals surface area contributed by atoms with Gasteiger partial charge in [-0.3, -0.25) is 4.79 Å². The zero-order valence-corrected chi connectivity index (χ0v) is 17.6. The van der Waals surface area contributed by atoms with Gasteiger partial charge in [-0.05, 0) is 66.1 Å². The molecule has 1 unspecified atom stereocenters. The molecule has 0 fully saturated rings. The van der Waals surface area contributed by atoms with Gasteiger partial charge in [-0.25, -0.2) is 9.97 Å². The second-order valence-electron chi connectivity index (χ2n) is 7.76. The molecule has 0 saturated carbocycles. The van der Waals surface area contributed by atoms with Gasteiger partial charge in [0.1, 0.15) is 11.6 Å². The minimum Gasteiger partial charge on any atom is -0.349 e. The second kappa shape index (κ2) is 8.36. The number of nitrogens with zero attached hydrogens (tertiary/aromatic N) is 2. The highest BCUT2D eigenvalue weighted by Crippen LogP contribution is 2.26. The maximum atomic E-state index is 12.7. The lowest BCUT2D eigenvalue weighted by atomic mass is 9.88. The normalized spacial score (nSPS) is 15.3. The van der Waals surface area contributed by atoms with E-state index in [1.54, 1.807) is 24.5 Å². The fourth-order valence-electron chi connectivity index (χ4n) is 4.05. The van der Waals surface area contributed by atoms with Gasteiger partial charge in [0, 0.05) is 28.8 Å². The number of carbonyl (C=O) groups excluding carboxylic acids is 1. The number of carbonyl (C=O) groups is 1. The van der Waals surface area contributed by atoms with Crippen molar-refractivity contribution in [1.29, 1.82) is 0 Å². The van der Waals surface area contributed by atoms with Gasteiger partial charge < -0.3 is 10.6 Å². The predicted octanol–water partition coefficient (Wildman–Crippen LogP) is 5.31. The minimum absolute atomic E-state index is 0.0986. The Labute approximate surface area is 185 Å². The summed E-state index contributed by atoms with van der Waals surface area (Å²) in [4.78, 5) is 21.5. The largest absolute Gasteiger partial charge is 0.349 e. The molecule has 0 aliphatic heterocycles. The summed E-state index contributed by atoms with van der Waals surface area (Å²) in [5.74, 6) is 1.19. The molecule has 5 nitrogen and oxygen atoms in total. The molecule has 0 spiro atoms. The Hall–Kier alpha value is -3.44. The zero-order chi connectivity index (χ0) is 21.2. The van der Waals surface area contributed by atoms with Crippen LogP contribution in [0, 0.1) is 0 Å². The number of hydrogen-bond acceptors (Lipinski definition) is 4. The first-order valence-electron chi connectivity index (χ1n) is 10.3. The maximum absolute atomic E-state index is 12.7. The average molecular weight is 429 g/mol. The summed E-state index contributed by atoms with van der Waals surface area (Å²) in [6, 6.07) is 19.8. The lowest BCUT2D eigenvalue weighted by Gasteiger charge is -2.25. The van der Waals surface area contributed by atoms with Crippen molar-refractivity contribution in [3.63, 3.8) is 0 Å². The van der Waals surface area contributed by atoms with E-state index in [2.05, 4.69) is 44.9 Å². The van der Waals surface area contributed by atoms with E-state index < -0.39 is 0 Å². The number of fused-ring (bicyclic) bond motifs is 2. The van der Waals surface area contributed by atoms with Crippen molar-refractivity contribution in [2.75, 3.05) is 5.32 Å². The summed E-state index contributed by atoms with van der Waals surface area (Å²) < 4.78 is 0. The van der Waals surface area contributed by atoms with Crippen LogP contribution in [0.25, 0.3) is 10.8 Å². The number of anilines is 2. The van der Waals surface area contributed by atoms with Crippen LogP contribution in [0.2, 0.25) is 5.02 Å². The van der Waals surface area contributed by atoms with Gasteiger partial charge in [0.2, 0.25) is 0 Å². The summed E-state index contributed by atoms with van der Waals surface area (Å²) in [7, 11) is 0. The number of hydrogen-bond donors (Lipinski definition) is 2. The molecular formula is C25H21ClN4O.